The van der Waals surface area contributed by atoms with Crippen molar-refractivity contribution in [1.82, 2.24) is 4.90 Å². The van der Waals surface area contributed by atoms with Crippen molar-refractivity contribution >= 4 is 17.9 Å². The van der Waals surface area contributed by atoms with Gasteiger partial charge in [-0.3, -0.25) is 4.90 Å². The average Bonchev–Trinajstić information content (AvgIpc) is 2.78. The van der Waals surface area contributed by atoms with E-state index in [0.29, 0.717) is 18.4 Å². The first-order valence-corrected chi connectivity index (χ1v) is 8.79. The van der Waals surface area contributed by atoms with Crippen molar-refractivity contribution < 1.29 is 28.6 Å². The number of likely N-dealkylation sites (N-methyl/N-ethyl adjacent to an activating group) is 1. The standard InChI is InChI=1S/C19H27NO6/c1-6-11(2)19(23)26-16-9-13-8-14(10-15(16)20(13)4)25-17(21)7-12(3)18(22)24-5/h6-7,13-16H,8-10H2,1-5H3/b11-6-,12-7+/t13-,14+,15-,16-/m0/s1. The average molecular weight is 365 g/mol. The molecule has 7 heteroatoms. The number of carbonyl (C=O) groups excluding carboxylic acids is 3. The summed E-state index contributed by atoms with van der Waals surface area (Å²) in [5.41, 5.74) is 0.780. The van der Waals surface area contributed by atoms with Crippen LogP contribution in [0.15, 0.2) is 23.3 Å². The van der Waals surface area contributed by atoms with Gasteiger partial charge < -0.3 is 14.2 Å². The Labute approximate surface area is 154 Å². The van der Waals surface area contributed by atoms with E-state index in [-0.39, 0.29) is 35.8 Å². The van der Waals surface area contributed by atoms with Gasteiger partial charge in [0.25, 0.3) is 0 Å². The molecule has 7 nitrogen and oxygen atoms in total. The number of fused-ring (bicyclic) bond motifs is 2. The second-order valence-electron chi connectivity index (χ2n) is 6.89. The summed E-state index contributed by atoms with van der Waals surface area (Å²) in [4.78, 5) is 37.6. The van der Waals surface area contributed by atoms with Crippen molar-refractivity contribution in [3.63, 3.8) is 0 Å². The largest absolute Gasteiger partial charge is 0.466 e. The van der Waals surface area contributed by atoms with Gasteiger partial charge in [0, 0.05) is 42.5 Å². The maximum absolute atomic E-state index is 12.1. The van der Waals surface area contributed by atoms with Crippen LogP contribution in [0.2, 0.25) is 0 Å². The van der Waals surface area contributed by atoms with Crippen molar-refractivity contribution in [2.75, 3.05) is 14.2 Å². The molecule has 2 fully saturated rings. The number of carbonyl (C=O) groups is 3. The van der Waals surface area contributed by atoms with Crippen molar-refractivity contribution in [3.05, 3.63) is 23.3 Å². The van der Waals surface area contributed by atoms with E-state index < -0.39 is 11.9 Å². The summed E-state index contributed by atoms with van der Waals surface area (Å²) in [5, 5.41) is 0. The molecule has 2 saturated heterocycles. The second kappa shape index (κ2) is 8.49. The first kappa shape index (κ1) is 20.2. The van der Waals surface area contributed by atoms with E-state index in [1.54, 1.807) is 19.9 Å². The number of allylic oxidation sites excluding steroid dienone is 1. The highest BCUT2D eigenvalue weighted by Crippen LogP contribution is 2.37. The molecule has 0 spiro atoms. The fourth-order valence-corrected chi connectivity index (χ4v) is 3.54. The molecule has 2 rings (SSSR count). The molecular formula is C19H27NO6. The van der Waals surface area contributed by atoms with Gasteiger partial charge in [0.15, 0.2) is 0 Å². The zero-order valence-electron chi connectivity index (χ0n) is 16.0. The number of rotatable bonds is 5. The van der Waals surface area contributed by atoms with Crippen LogP contribution in [0.5, 0.6) is 0 Å². The molecule has 0 aliphatic carbocycles. The van der Waals surface area contributed by atoms with E-state index in [1.807, 2.05) is 7.05 Å². The Morgan fingerprint density at radius 1 is 1.00 bits per heavy atom. The van der Waals surface area contributed by atoms with Gasteiger partial charge in [0.05, 0.1) is 13.2 Å². The molecule has 2 bridgehead atoms. The Balaban J connectivity index is 1.97. The Kier molecular flexibility index (Phi) is 6.58. The van der Waals surface area contributed by atoms with Gasteiger partial charge in [-0.2, -0.15) is 0 Å². The lowest BCUT2D eigenvalue weighted by Crippen LogP contribution is -2.46. The molecule has 0 unspecified atom stereocenters. The van der Waals surface area contributed by atoms with Crippen molar-refractivity contribution in [3.8, 4) is 0 Å². The normalized spacial score (nSPS) is 29.3. The number of nitrogens with zero attached hydrogens (tertiary/aromatic N) is 1. The highest BCUT2D eigenvalue weighted by Gasteiger charge is 2.47. The van der Waals surface area contributed by atoms with Crippen LogP contribution < -0.4 is 0 Å². The highest BCUT2D eigenvalue weighted by atomic mass is 16.6. The number of esters is 3. The Hall–Kier alpha value is -2.15. The summed E-state index contributed by atoms with van der Waals surface area (Å²) in [6.45, 7) is 5.03. The minimum atomic E-state index is -0.559. The summed E-state index contributed by atoms with van der Waals surface area (Å²) in [7, 11) is 3.27. The van der Waals surface area contributed by atoms with Crippen molar-refractivity contribution in [2.45, 2.75) is 64.3 Å². The van der Waals surface area contributed by atoms with Crippen LogP contribution in [0, 0.1) is 0 Å². The Morgan fingerprint density at radius 3 is 2.31 bits per heavy atom. The van der Waals surface area contributed by atoms with Crippen LogP contribution in [-0.4, -0.2) is 61.3 Å². The zero-order valence-corrected chi connectivity index (χ0v) is 16.0. The first-order chi connectivity index (χ1) is 12.3. The van der Waals surface area contributed by atoms with Gasteiger partial charge in [0.1, 0.15) is 12.2 Å². The summed E-state index contributed by atoms with van der Waals surface area (Å²) in [6, 6.07) is 0.215. The van der Waals surface area contributed by atoms with Crippen molar-refractivity contribution in [1.29, 1.82) is 0 Å². The van der Waals surface area contributed by atoms with Crippen LogP contribution in [0.1, 0.15) is 40.0 Å². The van der Waals surface area contributed by atoms with Gasteiger partial charge in [-0.25, -0.2) is 14.4 Å². The van der Waals surface area contributed by atoms with Gasteiger partial charge >= 0.3 is 17.9 Å². The van der Waals surface area contributed by atoms with Crippen LogP contribution in [0.3, 0.4) is 0 Å². The number of hydrogen-bond donors (Lipinski definition) is 0. The predicted molar refractivity (Wildman–Crippen MR) is 94.2 cm³/mol. The molecule has 0 radical (unpaired) electrons. The first-order valence-electron chi connectivity index (χ1n) is 8.79. The van der Waals surface area contributed by atoms with E-state index in [9.17, 15) is 14.4 Å². The summed E-state index contributed by atoms with van der Waals surface area (Å²) in [5.74, 6) is -1.42. The van der Waals surface area contributed by atoms with Crippen LogP contribution in [0.25, 0.3) is 0 Å². The summed E-state index contributed by atoms with van der Waals surface area (Å²) >= 11 is 0. The maximum Gasteiger partial charge on any atom is 0.333 e. The van der Waals surface area contributed by atoms with E-state index in [4.69, 9.17) is 9.47 Å². The van der Waals surface area contributed by atoms with E-state index in [2.05, 4.69) is 9.64 Å². The molecule has 0 aromatic carbocycles. The van der Waals surface area contributed by atoms with Gasteiger partial charge in [0.2, 0.25) is 0 Å². The molecule has 2 aliphatic heterocycles. The maximum atomic E-state index is 12.1. The number of ether oxygens (including phenoxy) is 3. The topological polar surface area (TPSA) is 82.1 Å². The van der Waals surface area contributed by atoms with E-state index >= 15 is 0 Å². The van der Waals surface area contributed by atoms with Crippen molar-refractivity contribution in [2.24, 2.45) is 0 Å². The quantitative estimate of drug-likeness (QED) is 0.417. The molecule has 2 heterocycles. The molecule has 0 N–H and O–H groups in total. The van der Waals surface area contributed by atoms with Gasteiger partial charge in [-0.05, 0) is 27.8 Å². The lowest BCUT2D eigenvalue weighted by atomic mass is 10.00. The third-order valence-electron chi connectivity index (χ3n) is 5.21. The summed E-state index contributed by atoms with van der Waals surface area (Å²) in [6.07, 6.45) is 4.42. The molecule has 0 saturated carbocycles. The smallest absolute Gasteiger partial charge is 0.333 e. The molecule has 2 aliphatic rings. The molecule has 0 amide bonds. The number of methoxy groups -OCH3 is 1. The molecule has 4 atom stereocenters. The number of piperidine rings is 1. The fourth-order valence-electron chi connectivity index (χ4n) is 3.54. The van der Waals surface area contributed by atoms with Crippen LogP contribution >= 0.6 is 0 Å². The molecule has 0 aromatic heterocycles. The molecule has 0 aromatic rings. The number of hydrogen-bond acceptors (Lipinski definition) is 7. The predicted octanol–water partition coefficient (Wildman–Crippen LogP) is 1.76. The van der Waals surface area contributed by atoms with Gasteiger partial charge in [-0.15, -0.1) is 0 Å². The highest BCUT2D eigenvalue weighted by molar-refractivity contribution is 5.95. The molecule has 144 valence electrons. The van der Waals surface area contributed by atoms with Gasteiger partial charge in [-0.1, -0.05) is 6.08 Å². The summed E-state index contributed by atoms with van der Waals surface area (Å²) < 4.78 is 15.7. The second-order valence-corrected chi connectivity index (χ2v) is 6.89. The van der Waals surface area contributed by atoms with Crippen LogP contribution in [-0.2, 0) is 28.6 Å². The Bertz CT molecular complexity index is 638. The third kappa shape index (κ3) is 4.52. The van der Waals surface area contributed by atoms with E-state index in [0.717, 1.165) is 12.5 Å². The minimum absolute atomic E-state index is 0.0193. The lowest BCUT2D eigenvalue weighted by Gasteiger charge is -2.36. The zero-order chi connectivity index (χ0) is 19.4. The fraction of sp³-hybridized carbons (Fsp3) is 0.632. The van der Waals surface area contributed by atoms with E-state index in [1.165, 1.54) is 14.0 Å². The molecular weight excluding hydrogens is 338 g/mol. The Morgan fingerprint density at radius 2 is 1.69 bits per heavy atom. The lowest BCUT2D eigenvalue weighted by molar-refractivity contribution is -0.150. The minimum Gasteiger partial charge on any atom is -0.466 e. The molecule has 26 heavy (non-hydrogen) atoms. The third-order valence-corrected chi connectivity index (χ3v) is 5.21. The SMILES string of the molecule is C/C=C(/C)C(=O)O[C@H]1C[C@@H]2C[C@@H](OC(=O)/C=C(\C)C(=O)OC)C[C@@H]1N2C. The monoisotopic (exact) mass is 365 g/mol. The van der Waals surface area contributed by atoms with Crippen LogP contribution in [0.4, 0.5) is 0 Å².